The third-order valence-corrected chi connectivity index (χ3v) is 2.15. The molecule has 0 unspecified atom stereocenters. The lowest BCUT2D eigenvalue weighted by Gasteiger charge is -1.99. The summed E-state index contributed by atoms with van der Waals surface area (Å²) in [6.07, 6.45) is 5.63. The van der Waals surface area contributed by atoms with Gasteiger partial charge in [-0.2, -0.15) is 0 Å². The van der Waals surface area contributed by atoms with E-state index in [4.69, 9.17) is 5.11 Å². The first-order valence-electron chi connectivity index (χ1n) is 5.13. The molecule has 0 bridgehead atoms. The van der Waals surface area contributed by atoms with Gasteiger partial charge < -0.3 is 9.90 Å². The zero-order chi connectivity index (χ0) is 11.8. The summed E-state index contributed by atoms with van der Waals surface area (Å²) in [5, 5.41) is 8.53. The Balaban J connectivity index is 2.53. The molecule has 84 valence electrons. The Labute approximate surface area is 94.4 Å². The molecule has 3 nitrogen and oxygen atoms in total. The van der Waals surface area contributed by atoms with Crippen molar-refractivity contribution in [1.82, 2.24) is 0 Å². The van der Waals surface area contributed by atoms with Crippen LogP contribution >= 0.6 is 0 Å². The SMILES string of the molecule is O=CCC=Cc1ccc(CCC(=O)O)cc1. The number of benzene rings is 1. The predicted molar refractivity (Wildman–Crippen MR) is 62.1 cm³/mol. The van der Waals surface area contributed by atoms with Crippen molar-refractivity contribution in [1.29, 1.82) is 0 Å². The Morgan fingerprint density at radius 2 is 1.94 bits per heavy atom. The molecule has 16 heavy (non-hydrogen) atoms. The summed E-state index contributed by atoms with van der Waals surface area (Å²) in [5.41, 5.74) is 2.02. The average molecular weight is 218 g/mol. The summed E-state index contributed by atoms with van der Waals surface area (Å²) >= 11 is 0. The molecule has 0 saturated heterocycles. The van der Waals surface area contributed by atoms with Crippen LogP contribution in [0.2, 0.25) is 0 Å². The Bertz CT molecular complexity index is 377. The van der Waals surface area contributed by atoms with Crippen LogP contribution in [0.5, 0.6) is 0 Å². The van der Waals surface area contributed by atoms with Crippen molar-refractivity contribution in [3.8, 4) is 0 Å². The van der Waals surface area contributed by atoms with E-state index in [-0.39, 0.29) is 6.42 Å². The third kappa shape index (κ3) is 4.55. The minimum atomic E-state index is -0.782. The number of carboxylic acid groups (broad SMARTS) is 1. The first-order chi connectivity index (χ1) is 7.72. The topological polar surface area (TPSA) is 54.4 Å². The highest BCUT2D eigenvalue weighted by Gasteiger charge is 1.98. The quantitative estimate of drug-likeness (QED) is 0.745. The zero-order valence-electron chi connectivity index (χ0n) is 8.93. The van der Waals surface area contributed by atoms with Gasteiger partial charge in [0.2, 0.25) is 0 Å². The number of hydrogen-bond acceptors (Lipinski definition) is 2. The highest BCUT2D eigenvalue weighted by atomic mass is 16.4. The summed E-state index contributed by atoms with van der Waals surface area (Å²) in [6.45, 7) is 0. The molecule has 0 spiro atoms. The van der Waals surface area contributed by atoms with E-state index in [0.29, 0.717) is 12.8 Å². The summed E-state index contributed by atoms with van der Waals surface area (Å²) in [5.74, 6) is -0.782. The highest BCUT2D eigenvalue weighted by Crippen LogP contribution is 2.08. The monoisotopic (exact) mass is 218 g/mol. The number of aliphatic carboxylic acids is 1. The Kier molecular flexibility index (Phi) is 4.99. The lowest BCUT2D eigenvalue weighted by atomic mass is 10.1. The average Bonchev–Trinajstić information content (AvgIpc) is 2.28. The van der Waals surface area contributed by atoms with E-state index in [1.165, 1.54) is 0 Å². The van der Waals surface area contributed by atoms with Gasteiger partial charge in [-0.05, 0) is 17.5 Å². The van der Waals surface area contributed by atoms with E-state index in [1.54, 1.807) is 6.08 Å². The maximum absolute atomic E-state index is 10.4. The fraction of sp³-hybridized carbons (Fsp3) is 0.231. The predicted octanol–water partition coefficient (Wildman–Crippen LogP) is 2.31. The van der Waals surface area contributed by atoms with Crippen molar-refractivity contribution in [2.24, 2.45) is 0 Å². The maximum Gasteiger partial charge on any atom is 0.303 e. The van der Waals surface area contributed by atoms with Crippen LogP contribution in [0, 0.1) is 0 Å². The van der Waals surface area contributed by atoms with Gasteiger partial charge in [-0.3, -0.25) is 4.79 Å². The second-order valence-electron chi connectivity index (χ2n) is 3.44. The van der Waals surface area contributed by atoms with Crippen molar-refractivity contribution in [3.63, 3.8) is 0 Å². The Hall–Kier alpha value is -1.90. The molecule has 0 heterocycles. The van der Waals surface area contributed by atoms with E-state index >= 15 is 0 Å². The van der Waals surface area contributed by atoms with E-state index in [1.807, 2.05) is 30.3 Å². The second-order valence-corrected chi connectivity index (χ2v) is 3.44. The van der Waals surface area contributed by atoms with Crippen LogP contribution < -0.4 is 0 Å². The largest absolute Gasteiger partial charge is 0.481 e. The fourth-order valence-corrected chi connectivity index (χ4v) is 1.31. The number of carbonyl (C=O) groups excluding carboxylic acids is 1. The lowest BCUT2D eigenvalue weighted by Crippen LogP contribution is -1.97. The summed E-state index contributed by atoms with van der Waals surface area (Å²) in [6, 6.07) is 7.64. The molecule has 0 amide bonds. The maximum atomic E-state index is 10.4. The van der Waals surface area contributed by atoms with Gasteiger partial charge in [-0.15, -0.1) is 0 Å². The van der Waals surface area contributed by atoms with Crippen molar-refractivity contribution >= 4 is 18.3 Å². The van der Waals surface area contributed by atoms with E-state index in [9.17, 15) is 9.59 Å². The molecule has 0 aromatic heterocycles. The smallest absolute Gasteiger partial charge is 0.303 e. The number of hydrogen-bond donors (Lipinski definition) is 1. The molecule has 3 heteroatoms. The number of rotatable bonds is 6. The fourth-order valence-electron chi connectivity index (χ4n) is 1.31. The molecular weight excluding hydrogens is 204 g/mol. The van der Waals surface area contributed by atoms with Crippen molar-refractivity contribution < 1.29 is 14.7 Å². The molecule has 1 aromatic carbocycles. The van der Waals surface area contributed by atoms with Crippen LogP contribution in [-0.2, 0) is 16.0 Å². The zero-order valence-corrected chi connectivity index (χ0v) is 8.93. The number of carboxylic acids is 1. The second kappa shape index (κ2) is 6.56. The van der Waals surface area contributed by atoms with E-state index < -0.39 is 5.97 Å². The van der Waals surface area contributed by atoms with Gasteiger partial charge in [0.25, 0.3) is 0 Å². The Morgan fingerprint density at radius 3 is 2.50 bits per heavy atom. The molecule has 0 aliphatic heterocycles. The third-order valence-electron chi connectivity index (χ3n) is 2.15. The minimum Gasteiger partial charge on any atom is -0.481 e. The van der Waals surface area contributed by atoms with Gasteiger partial charge in [0, 0.05) is 12.8 Å². The minimum absolute atomic E-state index is 0.153. The highest BCUT2D eigenvalue weighted by molar-refractivity contribution is 5.67. The molecule has 0 saturated carbocycles. The van der Waals surface area contributed by atoms with E-state index in [2.05, 4.69) is 0 Å². The molecule has 0 radical (unpaired) electrons. The van der Waals surface area contributed by atoms with Gasteiger partial charge in [-0.25, -0.2) is 0 Å². The van der Waals surface area contributed by atoms with Crippen molar-refractivity contribution in [2.45, 2.75) is 19.3 Å². The van der Waals surface area contributed by atoms with Crippen LogP contribution in [0.1, 0.15) is 24.0 Å². The molecule has 1 aromatic rings. The normalized spacial score (nSPS) is 10.5. The number of carbonyl (C=O) groups is 2. The number of aryl methyl sites for hydroxylation is 1. The molecule has 0 atom stereocenters. The summed E-state index contributed by atoms with van der Waals surface area (Å²) in [7, 11) is 0. The van der Waals surface area contributed by atoms with Gasteiger partial charge in [-0.1, -0.05) is 36.4 Å². The number of allylic oxidation sites excluding steroid dienone is 1. The Morgan fingerprint density at radius 1 is 1.25 bits per heavy atom. The molecule has 0 aliphatic carbocycles. The molecular formula is C13H14O3. The van der Waals surface area contributed by atoms with Gasteiger partial charge in [0.15, 0.2) is 0 Å². The summed E-state index contributed by atoms with van der Waals surface area (Å²) < 4.78 is 0. The van der Waals surface area contributed by atoms with Crippen LogP contribution in [0.25, 0.3) is 6.08 Å². The molecule has 1 rings (SSSR count). The first-order valence-corrected chi connectivity index (χ1v) is 5.13. The summed E-state index contributed by atoms with van der Waals surface area (Å²) in [4.78, 5) is 20.5. The van der Waals surface area contributed by atoms with Gasteiger partial charge in [0.05, 0.1) is 0 Å². The first kappa shape index (κ1) is 12.2. The van der Waals surface area contributed by atoms with Crippen LogP contribution in [0.15, 0.2) is 30.3 Å². The van der Waals surface area contributed by atoms with Crippen LogP contribution in [0.3, 0.4) is 0 Å². The van der Waals surface area contributed by atoms with Crippen LogP contribution in [-0.4, -0.2) is 17.4 Å². The van der Waals surface area contributed by atoms with E-state index in [0.717, 1.165) is 17.4 Å². The lowest BCUT2D eigenvalue weighted by molar-refractivity contribution is -0.136. The molecule has 0 fully saturated rings. The number of aldehydes is 1. The van der Waals surface area contributed by atoms with Crippen LogP contribution in [0.4, 0.5) is 0 Å². The van der Waals surface area contributed by atoms with Gasteiger partial charge in [0.1, 0.15) is 6.29 Å². The standard InChI is InChI=1S/C13H14O3/c14-10-2-1-3-11-4-6-12(7-5-11)8-9-13(15)16/h1,3-7,10H,2,8-9H2,(H,15,16). The molecule has 0 aliphatic rings. The van der Waals surface area contributed by atoms with Crippen molar-refractivity contribution in [2.75, 3.05) is 0 Å². The van der Waals surface area contributed by atoms with Gasteiger partial charge >= 0.3 is 5.97 Å². The molecule has 1 N–H and O–H groups in total. The van der Waals surface area contributed by atoms with Crippen molar-refractivity contribution in [3.05, 3.63) is 41.5 Å².